The molecule has 2 saturated heterocycles. The van der Waals surface area contributed by atoms with Crippen LogP contribution in [0.25, 0.3) is 0 Å². The predicted molar refractivity (Wildman–Crippen MR) is 71.8 cm³/mol. The van der Waals surface area contributed by atoms with Crippen molar-refractivity contribution in [3.63, 3.8) is 0 Å². The van der Waals surface area contributed by atoms with Crippen LogP contribution in [0.2, 0.25) is 0 Å². The normalized spacial score (nSPS) is 25.3. The molecule has 2 aliphatic rings. The lowest BCUT2D eigenvalue weighted by Crippen LogP contribution is -2.57. The summed E-state index contributed by atoms with van der Waals surface area (Å²) in [5.41, 5.74) is 0. The van der Waals surface area contributed by atoms with Gasteiger partial charge in [0.15, 0.2) is 0 Å². The summed E-state index contributed by atoms with van der Waals surface area (Å²) < 4.78 is 0. The Kier molecular flexibility index (Phi) is 4.32. The van der Waals surface area contributed by atoms with Crippen LogP contribution in [-0.2, 0) is 4.79 Å². The van der Waals surface area contributed by atoms with Gasteiger partial charge in [-0.15, -0.1) is 0 Å². The van der Waals surface area contributed by atoms with E-state index in [1.807, 2.05) is 4.90 Å². The first-order valence-electron chi connectivity index (χ1n) is 7.29. The number of carboxylic acid groups (broad SMARTS) is 1. The zero-order valence-electron chi connectivity index (χ0n) is 11.8. The SMILES string of the molecule is CCCC1CCN(C(=O)N2CC(C(C)C(=O)O)C2)C1. The summed E-state index contributed by atoms with van der Waals surface area (Å²) in [6, 6.07) is 0.104. The molecule has 0 radical (unpaired) electrons. The number of urea groups is 1. The number of likely N-dealkylation sites (tertiary alicyclic amines) is 2. The third kappa shape index (κ3) is 3.01. The zero-order valence-corrected chi connectivity index (χ0v) is 11.8. The van der Waals surface area contributed by atoms with Gasteiger partial charge in [-0.05, 0) is 18.8 Å². The number of hydrogen-bond acceptors (Lipinski definition) is 2. The molecular weight excluding hydrogens is 244 g/mol. The molecule has 5 nitrogen and oxygen atoms in total. The van der Waals surface area contributed by atoms with E-state index >= 15 is 0 Å². The smallest absolute Gasteiger partial charge is 0.320 e. The van der Waals surface area contributed by atoms with Gasteiger partial charge in [-0.1, -0.05) is 20.3 Å². The Morgan fingerprint density at radius 2 is 1.95 bits per heavy atom. The van der Waals surface area contributed by atoms with Gasteiger partial charge in [0.05, 0.1) is 5.92 Å². The third-order valence-corrected chi connectivity index (χ3v) is 4.53. The summed E-state index contributed by atoms with van der Waals surface area (Å²) in [7, 11) is 0. The molecule has 2 amide bonds. The summed E-state index contributed by atoms with van der Waals surface area (Å²) in [6.45, 7) is 6.84. The maximum atomic E-state index is 12.2. The number of rotatable bonds is 4. The number of carbonyl (C=O) groups excluding carboxylic acids is 1. The van der Waals surface area contributed by atoms with Crippen LogP contribution >= 0.6 is 0 Å². The Balaban J connectivity index is 1.76. The van der Waals surface area contributed by atoms with Gasteiger partial charge in [0.2, 0.25) is 0 Å². The van der Waals surface area contributed by atoms with Crippen LogP contribution in [0.5, 0.6) is 0 Å². The van der Waals surface area contributed by atoms with E-state index < -0.39 is 5.97 Å². The van der Waals surface area contributed by atoms with Gasteiger partial charge in [0.1, 0.15) is 0 Å². The Labute approximate surface area is 114 Å². The molecule has 2 fully saturated rings. The molecule has 2 unspecified atom stereocenters. The highest BCUT2D eigenvalue weighted by atomic mass is 16.4. The second-order valence-electron chi connectivity index (χ2n) is 5.96. The molecule has 0 aromatic heterocycles. The Bertz CT molecular complexity index is 353. The summed E-state index contributed by atoms with van der Waals surface area (Å²) in [5, 5.41) is 8.93. The average molecular weight is 268 g/mol. The fourth-order valence-electron chi connectivity index (χ4n) is 3.04. The highest BCUT2D eigenvalue weighted by molar-refractivity contribution is 5.76. The minimum Gasteiger partial charge on any atom is -0.481 e. The van der Waals surface area contributed by atoms with Gasteiger partial charge in [-0.25, -0.2) is 4.79 Å². The van der Waals surface area contributed by atoms with Gasteiger partial charge in [-0.2, -0.15) is 0 Å². The fraction of sp³-hybridized carbons (Fsp3) is 0.857. The first kappa shape index (κ1) is 14.2. The van der Waals surface area contributed by atoms with Gasteiger partial charge < -0.3 is 14.9 Å². The average Bonchev–Trinajstić information content (AvgIpc) is 2.75. The van der Waals surface area contributed by atoms with Gasteiger partial charge in [0, 0.05) is 32.1 Å². The van der Waals surface area contributed by atoms with Crippen molar-refractivity contribution in [2.24, 2.45) is 17.8 Å². The molecule has 0 aromatic rings. The van der Waals surface area contributed by atoms with Crippen LogP contribution in [0.3, 0.4) is 0 Å². The predicted octanol–water partition coefficient (Wildman–Crippen LogP) is 1.88. The Hall–Kier alpha value is -1.26. The van der Waals surface area contributed by atoms with Crippen molar-refractivity contribution in [1.29, 1.82) is 0 Å². The van der Waals surface area contributed by atoms with Gasteiger partial charge in [0.25, 0.3) is 0 Å². The largest absolute Gasteiger partial charge is 0.481 e. The fourth-order valence-corrected chi connectivity index (χ4v) is 3.04. The van der Waals surface area contributed by atoms with Crippen molar-refractivity contribution in [2.75, 3.05) is 26.2 Å². The van der Waals surface area contributed by atoms with E-state index in [4.69, 9.17) is 5.11 Å². The van der Waals surface area contributed by atoms with E-state index in [9.17, 15) is 9.59 Å². The lowest BCUT2D eigenvalue weighted by molar-refractivity contribution is -0.144. The van der Waals surface area contributed by atoms with Crippen LogP contribution in [0.15, 0.2) is 0 Å². The molecule has 0 saturated carbocycles. The quantitative estimate of drug-likeness (QED) is 0.847. The Morgan fingerprint density at radius 1 is 1.26 bits per heavy atom. The topological polar surface area (TPSA) is 60.9 Å². The monoisotopic (exact) mass is 268 g/mol. The number of carboxylic acids is 1. The third-order valence-electron chi connectivity index (χ3n) is 4.53. The second kappa shape index (κ2) is 5.80. The summed E-state index contributed by atoms with van der Waals surface area (Å²) in [5.74, 6) is -0.337. The van der Waals surface area contributed by atoms with E-state index in [1.165, 1.54) is 12.8 Å². The lowest BCUT2D eigenvalue weighted by Gasteiger charge is -2.42. The van der Waals surface area contributed by atoms with Crippen molar-refractivity contribution in [1.82, 2.24) is 9.80 Å². The van der Waals surface area contributed by atoms with Crippen LogP contribution in [0, 0.1) is 17.8 Å². The molecule has 0 aromatic carbocycles. The number of hydrogen-bond donors (Lipinski definition) is 1. The molecule has 2 heterocycles. The summed E-state index contributed by atoms with van der Waals surface area (Å²) in [6.07, 6.45) is 3.49. The number of amides is 2. The van der Waals surface area contributed by atoms with E-state index in [1.54, 1.807) is 11.8 Å². The molecule has 5 heteroatoms. The van der Waals surface area contributed by atoms with E-state index in [0.29, 0.717) is 19.0 Å². The molecule has 0 aliphatic carbocycles. The van der Waals surface area contributed by atoms with Crippen molar-refractivity contribution >= 4 is 12.0 Å². The van der Waals surface area contributed by atoms with Gasteiger partial charge >= 0.3 is 12.0 Å². The van der Waals surface area contributed by atoms with E-state index in [-0.39, 0.29) is 17.9 Å². The van der Waals surface area contributed by atoms with Crippen LogP contribution in [0.1, 0.15) is 33.1 Å². The van der Waals surface area contributed by atoms with Crippen molar-refractivity contribution in [3.8, 4) is 0 Å². The van der Waals surface area contributed by atoms with E-state index in [0.717, 1.165) is 19.5 Å². The lowest BCUT2D eigenvalue weighted by atomic mass is 9.87. The highest BCUT2D eigenvalue weighted by Crippen LogP contribution is 2.28. The van der Waals surface area contributed by atoms with Crippen LogP contribution in [-0.4, -0.2) is 53.1 Å². The molecule has 19 heavy (non-hydrogen) atoms. The van der Waals surface area contributed by atoms with Crippen molar-refractivity contribution in [3.05, 3.63) is 0 Å². The summed E-state index contributed by atoms with van der Waals surface area (Å²) in [4.78, 5) is 26.8. The minimum atomic E-state index is -0.763. The van der Waals surface area contributed by atoms with Crippen LogP contribution < -0.4 is 0 Å². The second-order valence-corrected chi connectivity index (χ2v) is 5.96. The molecule has 2 atom stereocenters. The Morgan fingerprint density at radius 3 is 2.53 bits per heavy atom. The van der Waals surface area contributed by atoms with Gasteiger partial charge in [-0.3, -0.25) is 4.79 Å². The maximum absolute atomic E-state index is 12.2. The molecule has 108 valence electrons. The molecule has 2 aliphatic heterocycles. The standard InChI is InChI=1S/C14H24N2O3/c1-3-4-11-5-6-15(7-11)14(19)16-8-12(9-16)10(2)13(17)18/h10-12H,3-9H2,1-2H3,(H,17,18). The molecule has 0 spiro atoms. The first-order chi connectivity index (χ1) is 9.02. The van der Waals surface area contributed by atoms with E-state index in [2.05, 4.69) is 6.92 Å². The maximum Gasteiger partial charge on any atom is 0.320 e. The zero-order chi connectivity index (χ0) is 14.0. The molecule has 0 bridgehead atoms. The van der Waals surface area contributed by atoms with Crippen molar-refractivity contribution < 1.29 is 14.7 Å². The molecule has 1 N–H and O–H groups in total. The van der Waals surface area contributed by atoms with Crippen LogP contribution in [0.4, 0.5) is 4.79 Å². The van der Waals surface area contributed by atoms with Crippen molar-refractivity contribution in [2.45, 2.75) is 33.1 Å². The number of aliphatic carboxylic acids is 1. The first-order valence-corrected chi connectivity index (χ1v) is 7.29. The molecule has 2 rings (SSSR count). The number of carbonyl (C=O) groups is 2. The summed E-state index contributed by atoms with van der Waals surface area (Å²) >= 11 is 0. The molecular formula is C14H24N2O3. The highest BCUT2D eigenvalue weighted by Gasteiger charge is 2.39. The minimum absolute atomic E-state index is 0.104. The number of nitrogens with zero attached hydrogens (tertiary/aromatic N) is 2.